The van der Waals surface area contributed by atoms with Gasteiger partial charge in [-0.15, -0.1) is 0 Å². The van der Waals surface area contributed by atoms with Crippen molar-refractivity contribution in [2.45, 2.75) is 33.2 Å². The maximum absolute atomic E-state index is 13.3. The number of hydrogen-bond acceptors (Lipinski definition) is 8. The molecule has 180 valence electrons. The van der Waals surface area contributed by atoms with E-state index >= 15 is 0 Å². The van der Waals surface area contributed by atoms with Crippen LogP contribution in [0.4, 0.5) is 0 Å². The fourth-order valence-electron chi connectivity index (χ4n) is 4.24. The number of carbonyl (C=O) groups excluding carboxylic acids is 1. The van der Waals surface area contributed by atoms with Gasteiger partial charge < -0.3 is 23.7 Å². The second kappa shape index (κ2) is 10.2. The summed E-state index contributed by atoms with van der Waals surface area (Å²) in [4.78, 5) is 27.4. The Labute approximate surface area is 197 Å². The number of phenols is 1. The van der Waals surface area contributed by atoms with Gasteiger partial charge in [0, 0.05) is 6.54 Å². The molecule has 1 fully saturated rings. The van der Waals surface area contributed by atoms with Crippen LogP contribution in [0, 0.1) is 12.8 Å². The lowest BCUT2D eigenvalue weighted by molar-refractivity contribution is -0.149. The fraction of sp³-hybridized carbons (Fsp3) is 0.385. The molecule has 4 rings (SSSR count). The van der Waals surface area contributed by atoms with Gasteiger partial charge in [-0.2, -0.15) is 0 Å². The van der Waals surface area contributed by atoms with E-state index in [1.165, 1.54) is 6.07 Å². The minimum absolute atomic E-state index is 0.0615. The van der Waals surface area contributed by atoms with E-state index in [1.54, 1.807) is 51.3 Å². The number of phenolic OH excluding ortho intramolecular Hbond substituents is 1. The first-order chi connectivity index (χ1) is 16.4. The molecule has 1 aliphatic rings. The average Bonchev–Trinajstić information content (AvgIpc) is 2.84. The Bertz CT molecular complexity index is 1220. The van der Waals surface area contributed by atoms with Crippen LogP contribution in [0.1, 0.15) is 31.1 Å². The summed E-state index contributed by atoms with van der Waals surface area (Å²) >= 11 is 0. The number of ether oxygens (including phenoxy) is 3. The quantitative estimate of drug-likeness (QED) is 0.511. The summed E-state index contributed by atoms with van der Waals surface area (Å²) in [6.45, 7) is 5.62. The van der Waals surface area contributed by atoms with Crippen molar-refractivity contribution in [1.29, 1.82) is 0 Å². The van der Waals surface area contributed by atoms with Gasteiger partial charge in [0.05, 0.1) is 30.6 Å². The van der Waals surface area contributed by atoms with Gasteiger partial charge >= 0.3 is 5.97 Å². The summed E-state index contributed by atoms with van der Waals surface area (Å²) in [6.07, 6.45) is 1.38. The predicted molar refractivity (Wildman–Crippen MR) is 127 cm³/mol. The summed E-state index contributed by atoms with van der Waals surface area (Å²) < 4.78 is 22.2. The number of aryl methyl sites for hydroxylation is 1. The van der Waals surface area contributed by atoms with Crippen LogP contribution >= 0.6 is 0 Å². The van der Waals surface area contributed by atoms with E-state index in [4.69, 9.17) is 18.6 Å². The molecule has 0 radical (unpaired) electrons. The SMILES string of the molecule is CCOC(=O)C1CCN(Cc2c(O)ccc3c(=O)c(Oc4ccc(OC)cc4)c(C)oc23)CC1. The molecule has 8 nitrogen and oxygen atoms in total. The van der Waals surface area contributed by atoms with Crippen molar-refractivity contribution >= 4 is 16.9 Å². The molecule has 0 atom stereocenters. The zero-order valence-corrected chi connectivity index (χ0v) is 19.6. The van der Waals surface area contributed by atoms with Gasteiger partial charge in [-0.1, -0.05) is 0 Å². The van der Waals surface area contributed by atoms with Crippen LogP contribution in [0.3, 0.4) is 0 Å². The number of hydrogen-bond donors (Lipinski definition) is 1. The molecule has 1 saturated heterocycles. The normalized spacial score (nSPS) is 14.8. The molecule has 2 aromatic carbocycles. The van der Waals surface area contributed by atoms with Crippen LogP contribution < -0.4 is 14.9 Å². The molecule has 8 heteroatoms. The smallest absolute Gasteiger partial charge is 0.309 e. The minimum Gasteiger partial charge on any atom is -0.507 e. The topological polar surface area (TPSA) is 98.4 Å². The van der Waals surface area contributed by atoms with Crippen LogP contribution in [-0.2, 0) is 16.1 Å². The lowest BCUT2D eigenvalue weighted by atomic mass is 9.96. The van der Waals surface area contributed by atoms with Gasteiger partial charge in [0.15, 0.2) is 0 Å². The number of piperidine rings is 1. The summed E-state index contributed by atoms with van der Waals surface area (Å²) in [5.41, 5.74) is 0.581. The molecule has 1 N–H and O–H groups in total. The lowest BCUT2D eigenvalue weighted by Gasteiger charge is -2.31. The summed E-state index contributed by atoms with van der Waals surface area (Å²) in [5, 5.41) is 10.9. The third-order valence-electron chi connectivity index (χ3n) is 6.13. The van der Waals surface area contributed by atoms with E-state index in [0.717, 1.165) is 0 Å². The fourth-order valence-corrected chi connectivity index (χ4v) is 4.24. The van der Waals surface area contributed by atoms with Gasteiger partial charge in [-0.3, -0.25) is 14.5 Å². The standard InChI is InChI=1S/C26H29NO7/c1-4-32-26(30)17-11-13-27(14-12-17)15-21-22(28)10-9-20-23(29)24(16(2)33-25(20)21)34-19-7-5-18(31-3)6-8-19/h5-10,17,28H,4,11-15H2,1-3H3. The number of rotatable bonds is 7. The van der Waals surface area contributed by atoms with Crippen molar-refractivity contribution < 1.29 is 28.5 Å². The van der Waals surface area contributed by atoms with Crippen molar-refractivity contribution in [3.63, 3.8) is 0 Å². The molecule has 3 aromatic rings. The van der Waals surface area contributed by atoms with E-state index in [-0.39, 0.29) is 28.8 Å². The number of fused-ring (bicyclic) bond motifs is 1. The highest BCUT2D eigenvalue weighted by atomic mass is 16.5. The molecule has 34 heavy (non-hydrogen) atoms. The third-order valence-corrected chi connectivity index (χ3v) is 6.13. The first-order valence-electron chi connectivity index (χ1n) is 11.4. The second-order valence-corrected chi connectivity index (χ2v) is 8.34. The number of likely N-dealkylation sites (tertiary alicyclic amines) is 1. The Balaban J connectivity index is 1.58. The Morgan fingerprint density at radius 1 is 1.12 bits per heavy atom. The minimum atomic E-state index is -0.308. The summed E-state index contributed by atoms with van der Waals surface area (Å²) in [5.74, 6) is 1.40. The number of aromatic hydroxyl groups is 1. The van der Waals surface area contributed by atoms with E-state index in [1.807, 2.05) is 0 Å². The van der Waals surface area contributed by atoms with Crippen molar-refractivity contribution in [1.82, 2.24) is 4.90 Å². The van der Waals surface area contributed by atoms with Gasteiger partial charge in [0.1, 0.15) is 28.6 Å². The van der Waals surface area contributed by atoms with E-state index < -0.39 is 0 Å². The highest BCUT2D eigenvalue weighted by Crippen LogP contribution is 2.33. The van der Waals surface area contributed by atoms with Crippen LogP contribution in [0.2, 0.25) is 0 Å². The maximum Gasteiger partial charge on any atom is 0.309 e. The molecular weight excluding hydrogens is 438 g/mol. The molecule has 2 heterocycles. The van der Waals surface area contributed by atoms with Crippen molar-refractivity contribution in [2.24, 2.45) is 5.92 Å². The Kier molecular flexibility index (Phi) is 7.07. The van der Waals surface area contributed by atoms with Crippen molar-refractivity contribution in [3.05, 3.63) is 57.9 Å². The summed E-state index contributed by atoms with van der Waals surface area (Å²) in [6, 6.07) is 9.97. The number of nitrogens with zero attached hydrogens (tertiary/aromatic N) is 1. The van der Waals surface area contributed by atoms with E-state index in [0.29, 0.717) is 72.9 Å². The molecule has 0 bridgehead atoms. The zero-order chi connectivity index (χ0) is 24.2. The zero-order valence-electron chi connectivity index (χ0n) is 19.6. The maximum atomic E-state index is 13.3. The largest absolute Gasteiger partial charge is 0.507 e. The van der Waals surface area contributed by atoms with Crippen LogP contribution in [0.15, 0.2) is 45.6 Å². The Morgan fingerprint density at radius 2 is 1.79 bits per heavy atom. The second-order valence-electron chi connectivity index (χ2n) is 8.34. The third kappa shape index (κ3) is 4.87. The first kappa shape index (κ1) is 23.6. The molecule has 1 aromatic heterocycles. The highest BCUT2D eigenvalue weighted by molar-refractivity contribution is 5.83. The molecule has 0 amide bonds. The Hall–Kier alpha value is -3.52. The van der Waals surface area contributed by atoms with Gasteiger partial charge in [-0.05, 0) is 76.2 Å². The monoisotopic (exact) mass is 467 g/mol. The number of methoxy groups -OCH3 is 1. The molecule has 0 spiro atoms. The lowest BCUT2D eigenvalue weighted by Crippen LogP contribution is -2.36. The summed E-state index contributed by atoms with van der Waals surface area (Å²) in [7, 11) is 1.58. The number of esters is 1. The van der Waals surface area contributed by atoms with Gasteiger partial charge in [-0.25, -0.2) is 0 Å². The van der Waals surface area contributed by atoms with Gasteiger partial charge in [0.2, 0.25) is 11.2 Å². The number of benzene rings is 2. The molecule has 1 aliphatic heterocycles. The molecule has 0 saturated carbocycles. The molecular formula is C26H29NO7. The van der Waals surface area contributed by atoms with Crippen molar-refractivity contribution in [3.8, 4) is 23.0 Å². The van der Waals surface area contributed by atoms with Crippen LogP contribution in [-0.4, -0.2) is 42.8 Å². The van der Waals surface area contributed by atoms with Crippen LogP contribution in [0.5, 0.6) is 23.0 Å². The van der Waals surface area contributed by atoms with Crippen molar-refractivity contribution in [2.75, 3.05) is 26.8 Å². The van der Waals surface area contributed by atoms with E-state index in [2.05, 4.69) is 4.90 Å². The number of carbonyl (C=O) groups is 1. The Morgan fingerprint density at radius 3 is 2.44 bits per heavy atom. The molecule has 0 unspecified atom stereocenters. The molecule has 0 aliphatic carbocycles. The van der Waals surface area contributed by atoms with Crippen LogP contribution in [0.25, 0.3) is 11.0 Å². The predicted octanol–water partition coefficient (Wildman–Crippen LogP) is 4.38. The first-order valence-corrected chi connectivity index (χ1v) is 11.4. The highest BCUT2D eigenvalue weighted by Gasteiger charge is 2.27. The van der Waals surface area contributed by atoms with E-state index in [9.17, 15) is 14.7 Å². The average molecular weight is 468 g/mol. The van der Waals surface area contributed by atoms with Gasteiger partial charge in [0.25, 0.3) is 0 Å².